The lowest BCUT2D eigenvalue weighted by molar-refractivity contribution is 0.745. The van der Waals surface area contributed by atoms with Gasteiger partial charge in [-0.25, -0.2) is 0 Å². The first-order chi connectivity index (χ1) is 16.1. The minimum Gasteiger partial charge on any atom is -0.372 e. The van der Waals surface area contributed by atoms with Gasteiger partial charge in [0.1, 0.15) is 0 Å². The van der Waals surface area contributed by atoms with Gasteiger partial charge < -0.3 is 14.9 Å². The highest BCUT2D eigenvalue weighted by atomic mass is 16.1. The van der Waals surface area contributed by atoms with Crippen LogP contribution in [-0.4, -0.2) is 23.1 Å². The van der Waals surface area contributed by atoms with Crippen molar-refractivity contribution < 1.29 is 0 Å². The maximum Gasteiger partial charge on any atom is 0.197 e. The molecule has 2 aromatic heterocycles. The molecule has 0 saturated heterocycles. The Labute approximate surface area is 192 Å². The number of anilines is 1. The van der Waals surface area contributed by atoms with Crippen molar-refractivity contribution in [2.75, 3.05) is 18.0 Å². The number of nitrogens with zero attached hydrogens (tertiary/aromatic N) is 1. The monoisotopic (exact) mass is 439 g/mol. The molecule has 5 rings (SSSR count). The first-order valence-electron chi connectivity index (χ1n) is 11.9. The van der Waals surface area contributed by atoms with E-state index in [2.05, 4.69) is 34.8 Å². The molecule has 0 radical (unpaired) electrons. The van der Waals surface area contributed by atoms with Crippen LogP contribution in [0, 0.1) is 0 Å². The van der Waals surface area contributed by atoms with Crippen molar-refractivity contribution in [2.45, 2.75) is 40.0 Å². The van der Waals surface area contributed by atoms with Gasteiger partial charge in [0.05, 0.1) is 16.4 Å². The first kappa shape index (κ1) is 21.3. The van der Waals surface area contributed by atoms with Gasteiger partial charge in [0.2, 0.25) is 0 Å². The molecule has 0 bridgehead atoms. The molecule has 2 N–H and O–H groups in total. The van der Waals surface area contributed by atoms with Gasteiger partial charge in [0, 0.05) is 46.0 Å². The van der Waals surface area contributed by atoms with Gasteiger partial charge in [-0.1, -0.05) is 32.9 Å². The maximum absolute atomic E-state index is 13.8. The van der Waals surface area contributed by atoms with E-state index in [4.69, 9.17) is 0 Å². The molecule has 0 amide bonds. The molecule has 5 aromatic rings. The molecule has 0 saturated carbocycles. The van der Waals surface area contributed by atoms with Crippen LogP contribution in [0.3, 0.4) is 0 Å². The van der Waals surface area contributed by atoms with Gasteiger partial charge >= 0.3 is 0 Å². The Hall–Kier alpha value is -3.60. The molecule has 0 spiro atoms. The fourth-order valence-electron chi connectivity index (χ4n) is 5.06. The quantitative estimate of drug-likeness (QED) is 0.325. The zero-order chi connectivity index (χ0) is 23.1. The number of aromatic amines is 2. The molecule has 0 aliphatic heterocycles. The highest BCUT2D eigenvalue weighted by molar-refractivity contribution is 6.06. The van der Waals surface area contributed by atoms with Crippen LogP contribution in [0.5, 0.6) is 0 Å². The number of pyridine rings is 2. The molecule has 0 atom stereocenters. The van der Waals surface area contributed by atoms with Crippen molar-refractivity contribution in [1.82, 2.24) is 9.97 Å². The molecule has 0 aliphatic rings. The summed E-state index contributed by atoms with van der Waals surface area (Å²) in [5, 5.41) is 2.63. The topological polar surface area (TPSA) is 69.0 Å². The Morgan fingerprint density at radius 1 is 0.727 bits per heavy atom. The Morgan fingerprint density at radius 2 is 1.45 bits per heavy atom. The molecule has 2 heterocycles. The van der Waals surface area contributed by atoms with Crippen LogP contribution in [0.25, 0.3) is 43.6 Å². The van der Waals surface area contributed by atoms with Crippen molar-refractivity contribution >= 4 is 49.3 Å². The fraction of sp³-hybridized carbons (Fsp3) is 0.286. The minimum atomic E-state index is -0.0120. The number of fused-ring (bicyclic) bond motifs is 4. The van der Waals surface area contributed by atoms with Crippen LogP contribution in [0.2, 0.25) is 0 Å². The van der Waals surface area contributed by atoms with E-state index in [1.54, 1.807) is 0 Å². The van der Waals surface area contributed by atoms with Crippen molar-refractivity contribution in [3.8, 4) is 0 Å². The lowest BCUT2D eigenvalue weighted by Crippen LogP contribution is -2.25. The highest BCUT2D eigenvalue weighted by Crippen LogP contribution is 2.28. The second-order valence-corrected chi connectivity index (χ2v) is 8.72. The average Bonchev–Trinajstić information content (AvgIpc) is 2.83. The largest absolute Gasteiger partial charge is 0.372 e. The third kappa shape index (κ3) is 3.39. The van der Waals surface area contributed by atoms with Gasteiger partial charge in [0.15, 0.2) is 10.9 Å². The van der Waals surface area contributed by atoms with E-state index in [1.807, 2.05) is 49.4 Å². The number of hydrogen-bond acceptors (Lipinski definition) is 3. The zero-order valence-corrected chi connectivity index (χ0v) is 19.4. The smallest absolute Gasteiger partial charge is 0.197 e. The summed E-state index contributed by atoms with van der Waals surface area (Å²) in [6.45, 7) is 8.31. The second kappa shape index (κ2) is 8.39. The molecule has 5 nitrogen and oxygen atoms in total. The molecule has 5 heteroatoms. The predicted molar refractivity (Wildman–Crippen MR) is 140 cm³/mol. The Bertz CT molecular complexity index is 1620. The van der Waals surface area contributed by atoms with Crippen LogP contribution in [0.1, 0.15) is 39.2 Å². The van der Waals surface area contributed by atoms with Gasteiger partial charge in [-0.15, -0.1) is 0 Å². The number of rotatable bonds is 6. The van der Waals surface area contributed by atoms with Crippen LogP contribution in [0.4, 0.5) is 5.69 Å². The van der Waals surface area contributed by atoms with Crippen LogP contribution >= 0.6 is 0 Å². The van der Waals surface area contributed by atoms with Crippen LogP contribution in [-0.2, 0) is 6.42 Å². The number of aromatic nitrogens is 2. The number of nitrogens with one attached hydrogen (secondary N) is 2. The molecule has 168 valence electrons. The number of hydrogen-bond donors (Lipinski definition) is 2. The summed E-state index contributed by atoms with van der Waals surface area (Å²) in [5.74, 6) is 0. The number of para-hydroxylation sites is 1. The summed E-state index contributed by atoms with van der Waals surface area (Å²) in [5.41, 5.74) is 5.02. The Kier molecular flexibility index (Phi) is 5.41. The van der Waals surface area contributed by atoms with Crippen molar-refractivity contribution in [2.24, 2.45) is 0 Å². The van der Waals surface area contributed by atoms with Crippen molar-refractivity contribution in [1.29, 1.82) is 0 Å². The summed E-state index contributed by atoms with van der Waals surface area (Å²) in [6.07, 6.45) is 2.76. The highest BCUT2D eigenvalue weighted by Gasteiger charge is 2.17. The third-order valence-electron chi connectivity index (χ3n) is 6.56. The molecule has 3 aromatic carbocycles. The summed E-state index contributed by atoms with van der Waals surface area (Å²) >= 11 is 0. The lowest BCUT2D eigenvalue weighted by atomic mass is 9.98. The van der Waals surface area contributed by atoms with E-state index >= 15 is 0 Å². The zero-order valence-electron chi connectivity index (χ0n) is 19.4. The van der Waals surface area contributed by atoms with E-state index in [-0.39, 0.29) is 10.9 Å². The predicted octanol–water partition coefficient (Wildman–Crippen LogP) is 5.86. The molecule has 0 unspecified atom stereocenters. The van der Waals surface area contributed by atoms with Crippen LogP contribution in [0.15, 0.2) is 58.1 Å². The summed E-state index contributed by atoms with van der Waals surface area (Å²) in [4.78, 5) is 36.3. The van der Waals surface area contributed by atoms with Gasteiger partial charge in [-0.3, -0.25) is 9.59 Å². The normalized spacial score (nSPS) is 11.7. The third-order valence-corrected chi connectivity index (χ3v) is 6.56. The standard InChI is InChI=1S/C28H29N3O2/c1-4-13-31(14-5-2)17-11-12-23-20(15-17)28(33)25-18(6-3)26-21(16-24(25)29-23)27(32)19-9-7-8-10-22(19)30-26/h7-12,15-16H,4-6,13-14H2,1-3H3,(H,29,33)(H,30,32). The van der Waals surface area contributed by atoms with Gasteiger partial charge in [0.25, 0.3) is 0 Å². The van der Waals surface area contributed by atoms with Crippen LogP contribution < -0.4 is 15.8 Å². The average molecular weight is 440 g/mol. The first-order valence-corrected chi connectivity index (χ1v) is 11.9. The second-order valence-electron chi connectivity index (χ2n) is 8.72. The molecular formula is C28H29N3O2. The minimum absolute atomic E-state index is 0.0120. The lowest BCUT2D eigenvalue weighted by Gasteiger charge is -2.24. The molecule has 33 heavy (non-hydrogen) atoms. The Morgan fingerprint density at radius 3 is 2.18 bits per heavy atom. The summed E-state index contributed by atoms with van der Waals surface area (Å²) in [7, 11) is 0. The van der Waals surface area contributed by atoms with E-state index in [1.165, 1.54) is 0 Å². The molecular weight excluding hydrogens is 410 g/mol. The molecule has 0 aliphatic carbocycles. The number of aryl methyl sites for hydroxylation is 1. The fourth-order valence-corrected chi connectivity index (χ4v) is 5.06. The van der Waals surface area contributed by atoms with Crippen molar-refractivity contribution in [3.63, 3.8) is 0 Å². The number of benzene rings is 3. The van der Waals surface area contributed by atoms with Crippen molar-refractivity contribution in [3.05, 3.63) is 74.5 Å². The SMILES string of the molecule is CCCN(CCC)c1ccc2[nH]c3cc4c(=O)c5ccccc5[nH]c4c(CC)c3c(=O)c2c1. The maximum atomic E-state index is 13.8. The van der Waals surface area contributed by atoms with E-state index in [0.717, 1.165) is 53.7 Å². The molecule has 0 fully saturated rings. The van der Waals surface area contributed by atoms with E-state index < -0.39 is 0 Å². The van der Waals surface area contributed by atoms with E-state index in [9.17, 15) is 9.59 Å². The summed E-state index contributed by atoms with van der Waals surface area (Å²) in [6, 6.07) is 15.5. The number of H-pyrrole nitrogens is 2. The van der Waals surface area contributed by atoms with E-state index in [0.29, 0.717) is 33.5 Å². The summed E-state index contributed by atoms with van der Waals surface area (Å²) < 4.78 is 0. The van der Waals surface area contributed by atoms with Gasteiger partial charge in [-0.2, -0.15) is 0 Å². The van der Waals surface area contributed by atoms with Gasteiger partial charge in [-0.05, 0) is 61.2 Å². The Balaban J connectivity index is 1.86.